The van der Waals surface area contributed by atoms with Crippen molar-refractivity contribution in [3.63, 3.8) is 0 Å². The average molecular weight is 419 g/mol. The van der Waals surface area contributed by atoms with E-state index in [9.17, 15) is 18.0 Å². The maximum Gasteiger partial charge on any atom is 0.341 e. The number of hydrogen-bond acceptors (Lipinski definition) is 6. The minimum atomic E-state index is -3.91. The lowest BCUT2D eigenvalue weighted by Gasteiger charge is -2.22. The zero-order valence-corrected chi connectivity index (χ0v) is 17.1. The maximum absolute atomic E-state index is 13.4. The molecule has 1 heterocycles. The number of sulfonamides is 1. The van der Waals surface area contributed by atoms with E-state index < -0.39 is 28.6 Å². The summed E-state index contributed by atoms with van der Waals surface area (Å²) in [6.45, 7) is 2.99. The summed E-state index contributed by atoms with van der Waals surface area (Å²) < 4.78 is 38.0. The molecule has 0 unspecified atom stereocenters. The van der Waals surface area contributed by atoms with Crippen LogP contribution in [0.15, 0.2) is 35.2 Å². The van der Waals surface area contributed by atoms with Crippen molar-refractivity contribution in [3.05, 3.63) is 52.6 Å². The summed E-state index contributed by atoms with van der Waals surface area (Å²) in [5.41, 5.74) is 2.61. The average Bonchev–Trinajstić information content (AvgIpc) is 3.10. The Morgan fingerprint density at radius 1 is 1.17 bits per heavy atom. The summed E-state index contributed by atoms with van der Waals surface area (Å²) in [5.74, 6) is -1.38. The second kappa shape index (κ2) is 7.75. The quantitative estimate of drug-likeness (QED) is 0.716. The van der Waals surface area contributed by atoms with Gasteiger partial charge in [-0.2, -0.15) is 0 Å². The van der Waals surface area contributed by atoms with Crippen LogP contribution >= 0.6 is 0 Å². The Morgan fingerprint density at radius 2 is 1.90 bits per heavy atom. The molecule has 154 valence electrons. The van der Waals surface area contributed by atoms with Gasteiger partial charge in [0, 0.05) is 12.1 Å². The van der Waals surface area contributed by atoms with Gasteiger partial charge in [-0.1, -0.05) is 6.07 Å². The molecule has 1 N–H and O–H groups in total. The van der Waals surface area contributed by atoms with Gasteiger partial charge in [0.05, 0.1) is 23.3 Å². The Bertz CT molecular complexity index is 1090. The topological polar surface area (TPSA) is 110 Å². The van der Waals surface area contributed by atoms with Crippen LogP contribution in [0, 0.1) is 13.8 Å². The van der Waals surface area contributed by atoms with Crippen molar-refractivity contribution in [2.75, 3.05) is 24.6 Å². The highest BCUT2D eigenvalue weighted by molar-refractivity contribution is 7.93. The predicted octanol–water partition coefficient (Wildman–Crippen LogP) is 2.30. The number of carbonyl (C=O) groups excluding carboxylic acids is 1. The zero-order chi connectivity index (χ0) is 21.3. The number of nitrogens with zero attached hydrogens (tertiary/aromatic N) is 1. The number of aryl methyl sites for hydroxylation is 1. The number of esters is 1. The molecule has 29 heavy (non-hydrogen) atoms. The van der Waals surface area contributed by atoms with Gasteiger partial charge in [-0.25, -0.2) is 18.0 Å². The summed E-state index contributed by atoms with van der Waals surface area (Å²) in [7, 11) is -2.62. The van der Waals surface area contributed by atoms with Crippen molar-refractivity contribution in [2.45, 2.75) is 25.2 Å². The molecule has 0 saturated heterocycles. The van der Waals surface area contributed by atoms with Crippen molar-refractivity contribution < 1.29 is 32.6 Å². The number of carboxylic acid groups (broad SMARTS) is 1. The fourth-order valence-corrected chi connectivity index (χ4v) is 5.15. The Kier molecular flexibility index (Phi) is 5.52. The zero-order valence-electron chi connectivity index (χ0n) is 16.3. The minimum Gasteiger partial charge on any atom is -0.481 e. The van der Waals surface area contributed by atoms with Crippen LogP contribution in [-0.2, 0) is 26.0 Å². The third-order valence-corrected chi connectivity index (χ3v) is 6.77. The lowest BCUT2D eigenvalue weighted by atomic mass is 10.1. The van der Waals surface area contributed by atoms with Crippen LogP contribution in [0.3, 0.4) is 0 Å². The molecular formula is C20H21NO7S. The molecule has 0 aliphatic carbocycles. The van der Waals surface area contributed by atoms with E-state index in [1.54, 1.807) is 32.0 Å². The first-order chi connectivity index (χ1) is 13.7. The Morgan fingerprint density at radius 3 is 2.55 bits per heavy atom. The first kappa shape index (κ1) is 20.7. The summed E-state index contributed by atoms with van der Waals surface area (Å²) in [6, 6.07) is 7.85. The number of carbonyl (C=O) groups is 2. The van der Waals surface area contributed by atoms with E-state index >= 15 is 0 Å². The van der Waals surface area contributed by atoms with Crippen LogP contribution in [0.4, 0.5) is 5.69 Å². The Labute approximate surface area is 168 Å². The molecule has 0 spiro atoms. The van der Waals surface area contributed by atoms with Gasteiger partial charge >= 0.3 is 11.9 Å². The van der Waals surface area contributed by atoms with E-state index in [2.05, 4.69) is 0 Å². The van der Waals surface area contributed by atoms with Gasteiger partial charge in [0.2, 0.25) is 0 Å². The number of hydrogen-bond donors (Lipinski definition) is 1. The molecule has 2 aromatic carbocycles. The lowest BCUT2D eigenvalue weighted by Crippen LogP contribution is -2.30. The van der Waals surface area contributed by atoms with Gasteiger partial charge < -0.3 is 14.6 Å². The number of aliphatic carboxylic acids is 1. The summed E-state index contributed by atoms with van der Waals surface area (Å²) >= 11 is 0. The van der Waals surface area contributed by atoms with E-state index in [0.717, 1.165) is 5.56 Å². The second-order valence-corrected chi connectivity index (χ2v) is 8.51. The molecule has 0 aromatic heterocycles. The highest BCUT2D eigenvalue weighted by atomic mass is 32.2. The molecule has 1 aliphatic rings. The molecule has 1 aliphatic heterocycles. The fourth-order valence-electron chi connectivity index (χ4n) is 3.43. The normalized spacial score (nSPS) is 13.1. The van der Waals surface area contributed by atoms with E-state index in [-0.39, 0.29) is 17.2 Å². The number of rotatable bonds is 6. The number of anilines is 1. The number of methoxy groups -OCH3 is 1. The van der Waals surface area contributed by atoms with Crippen LogP contribution in [-0.4, -0.2) is 45.7 Å². The van der Waals surface area contributed by atoms with Crippen LogP contribution in [0.2, 0.25) is 0 Å². The highest BCUT2D eigenvalue weighted by Crippen LogP contribution is 2.37. The minimum absolute atomic E-state index is 0.0494. The molecule has 9 heteroatoms. The van der Waals surface area contributed by atoms with E-state index in [0.29, 0.717) is 28.8 Å². The van der Waals surface area contributed by atoms with Gasteiger partial charge in [-0.05, 0) is 55.7 Å². The van der Waals surface area contributed by atoms with Crippen molar-refractivity contribution in [1.82, 2.24) is 0 Å². The molecule has 0 fully saturated rings. The van der Waals surface area contributed by atoms with E-state index in [1.165, 1.54) is 23.5 Å². The smallest absolute Gasteiger partial charge is 0.341 e. The van der Waals surface area contributed by atoms with Crippen molar-refractivity contribution in [1.29, 1.82) is 0 Å². The number of fused-ring (bicyclic) bond motifs is 1. The van der Waals surface area contributed by atoms with E-state index in [1.807, 2.05) is 0 Å². The Balaban J connectivity index is 2.01. The molecule has 2 aromatic rings. The molecule has 0 saturated carbocycles. The van der Waals surface area contributed by atoms with E-state index in [4.69, 9.17) is 14.6 Å². The van der Waals surface area contributed by atoms with Crippen molar-refractivity contribution in [3.8, 4) is 5.75 Å². The first-order valence-electron chi connectivity index (χ1n) is 8.85. The van der Waals surface area contributed by atoms with Gasteiger partial charge in [0.25, 0.3) is 10.0 Å². The van der Waals surface area contributed by atoms with Crippen LogP contribution < -0.4 is 9.04 Å². The molecule has 0 radical (unpaired) electrons. The second-order valence-electron chi connectivity index (χ2n) is 6.68. The summed E-state index contributed by atoms with van der Waals surface area (Å²) in [6.07, 6.45) is 0.465. The monoisotopic (exact) mass is 419 g/mol. The number of benzene rings is 2. The van der Waals surface area contributed by atoms with Crippen LogP contribution in [0.5, 0.6) is 5.75 Å². The lowest BCUT2D eigenvalue weighted by molar-refractivity contribution is -0.139. The third kappa shape index (κ3) is 3.77. The Hall–Kier alpha value is -3.07. The molecule has 3 rings (SSSR count). The van der Waals surface area contributed by atoms with Crippen molar-refractivity contribution >= 4 is 27.6 Å². The van der Waals surface area contributed by atoms with Gasteiger partial charge in [-0.15, -0.1) is 0 Å². The molecule has 0 atom stereocenters. The largest absolute Gasteiger partial charge is 0.481 e. The number of ether oxygens (including phenoxy) is 2. The van der Waals surface area contributed by atoms with Gasteiger partial charge in [-0.3, -0.25) is 4.31 Å². The van der Waals surface area contributed by atoms with Crippen LogP contribution in [0.25, 0.3) is 0 Å². The fraction of sp³-hybridized carbons (Fsp3) is 0.300. The SMILES string of the molecule is COC(=O)c1ccc2c(c1)CCN2S(=O)(=O)c1ccc(C)c(OCC(=O)O)c1C. The molecule has 0 bridgehead atoms. The molecule has 8 nitrogen and oxygen atoms in total. The summed E-state index contributed by atoms with van der Waals surface area (Å²) in [5, 5.41) is 8.86. The van der Waals surface area contributed by atoms with Crippen LogP contribution in [0.1, 0.15) is 27.0 Å². The summed E-state index contributed by atoms with van der Waals surface area (Å²) in [4.78, 5) is 22.6. The number of carboxylic acids is 1. The molecular weight excluding hydrogens is 398 g/mol. The highest BCUT2D eigenvalue weighted by Gasteiger charge is 2.33. The first-order valence-corrected chi connectivity index (χ1v) is 10.3. The third-order valence-electron chi connectivity index (χ3n) is 4.81. The maximum atomic E-state index is 13.4. The molecule has 0 amide bonds. The standard InChI is InChI=1S/C20H21NO7S/c1-12-4-7-17(13(2)19(12)28-11-18(22)23)29(25,26)21-9-8-14-10-15(20(24)27-3)5-6-16(14)21/h4-7,10H,8-9,11H2,1-3H3,(H,22,23). The van der Waals surface area contributed by atoms with Crippen molar-refractivity contribution in [2.24, 2.45) is 0 Å². The van der Waals surface area contributed by atoms with Gasteiger partial charge in [0.15, 0.2) is 6.61 Å². The predicted molar refractivity (Wildman–Crippen MR) is 105 cm³/mol. The van der Waals surface area contributed by atoms with Gasteiger partial charge in [0.1, 0.15) is 5.75 Å².